The number of hydrogen-bond acceptors (Lipinski definition) is 1. The molecule has 1 saturated heterocycles. The van der Waals surface area contributed by atoms with Crippen LogP contribution in [0.2, 0.25) is 10.0 Å². The van der Waals surface area contributed by atoms with Crippen molar-refractivity contribution < 1.29 is 0 Å². The van der Waals surface area contributed by atoms with Gasteiger partial charge >= 0.3 is 0 Å². The highest BCUT2D eigenvalue weighted by molar-refractivity contribution is 6.36. The molecule has 0 amide bonds. The van der Waals surface area contributed by atoms with Gasteiger partial charge in [0.25, 0.3) is 0 Å². The Bertz CT molecular complexity index is 286. The molecule has 13 heavy (non-hydrogen) atoms. The van der Waals surface area contributed by atoms with Crippen molar-refractivity contribution in [1.82, 2.24) is 5.32 Å². The summed E-state index contributed by atoms with van der Waals surface area (Å²) in [5, 5.41) is 4.93. The summed E-state index contributed by atoms with van der Waals surface area (Å²) in [6.45, 7) is 1.06. The summed E-state index contributed by atoms with van der Waals surface area (Å²) in [6.07, 6.45) is 2.33. The zero-order chi connectivity index (χ0) is 9.26. The molecular weight excluding hydrogens is 205 g/mol. The molecule has 1 aliphatic rings. The summed E-state index contributed by atoms with van der Waals surface area (Å²) in [5.74, 6) is 0. The molecule has 70 valence electrons. The minimum Gasteiger partial charge on any atom is -0.310 e. The van der Waals surface area contributed by atoms with Crippen LogP contribution < -0.4 is 5.32 Å². The Hall–Kier alpha value is -0.240. The van der Waals surface area contributed by atoms with E-state index >= 15 is 0 Å². The molecule has 1 aromatic rings. The monoisotopic (exact) mass is 215 g/mol. The topological polar surface area (TPSA) is 12.0 Å². The third-order valence-corrected chi connectivity index (χ3v) is 3.07. The number of benzene rings is 1. The Morgan fingerprint density at radius 2 is 1.92 bits per heavy atom. The zero-order valence-electron chi connectivity index (χ0n) is 7.19. The van der Waals surface area contributed by atoms with Crippen LogP contribution in [0, 0.1) is 0 Å². The second kappa shape index (κ2) is 3.87. The van der Waals surface area contributed by atoms with E-state index in [1.54, 1.807) is 0 Å². The highest BCUT2D eigenvalue weighted by Gasteiger charge is 2.20. The van der Waals surface area contributed by atoms with Gasteiger partial charge in [0.15, 0.2) is 0 Å². The lowest BCUT2D eigenvalue weighted by molar-refractivity contribution is 0.648. The predicted octanol–water partition coefficient (Wildman–Crippen LogP) is 3.42. The molecule has 1 aromatic carbocycles. The second-order valence-electron chi connectivity index (χ2n) is 3.28. The third kappa shape index (κ3) is 1.83. The molecule has 0 aliphatic carbocycles. The van der Waals surface area contributed by atoms with E-state index in [0.717, 1.165) is 28.6 Å². The first-order valence-corrected chi connectivity index (χ1v) is 5.22. The fourth-order valence-electron chi connectivity index (χ4n) is 1.77. The summed E-state index contributed by atoms with van der Waals surface area (Å²) in [7, 11) is 0. The minimum absolute atomic E-state index is 0.348. The van der Waals surface area contributed by atoms with Crippen molar-refractivity contribution in [2.75, 3.05) is 6.54 Å². The molecule has 0 unspecified atom stereocenters. The number of nitrogens with one attached hydrogen (secondary N) is 1. The lowest BCUT2D eigenvalue weighted by Gasteiger charge is -2.13. The molecule has 0 aromatic heterocycles. The maximum atomic E-state index is 6.09. The van der Waals surface area contributed by atoms with Crippen LogP contribution in [0.25, 0.3) is 0 Å². The van der Waals surface area contributed by atoms with Crippen LogP contribution in [-0.2, 0) is 0 Å². The van der Waals surface area contributed by atoms with Gasteiger partial charge in [-0.3, -0.25) is 0 Å². The Labute approximate surface area is 88.0 Å². The van der Waals surface area contributed by atoms with Gasteiger partial charge in [0, 0.05) is 21.7 Å². The molecule has 1 atom stereocenters. The van der Waals surface area contributed by atoms with E-state index in [-0.39, 0.29) is 0 Å². The van der Waals surface area contributed by atoms with Gasteiger partial charge in [-0.2, -0.15) is 0 Å². The maximum absolute atomic E-state index is 6.09. The quantitative estimate of drug-likeness (QED) is 0.758. The van der Waals surface area contributed by atoms with Gasteiger partial charge < -0.3 is 5.32 Å². The summed E-state index contributed by atoms with van der Waals surface area (Å²) >= 11 is 12.2. The van der Waals surface area contributed by atoms with Crippen LogP contribution in [-0.4, -0.2) is 6.54 Å². The largest absolute Gasteiger partial charge is 0.310 e. The lowest BCUT2D eigenvalue weighted by Crippen LogP contribution is -2.13. The third-order valence-electron chi connectivity index (χ3n) is 2.41. The Kier molecular flexibility index (Phi) is 2.77. The van der Waals surface area contributed by atoms with E-state index in [4.69, 9.17) is 23.2 Å². The highest BCUT2D eigenvalue weighted by Crippen LogP contribution is 2.34. The van der Waals surface area contributed by atoms with Gasteiger partial charge in [-0.1, -0.05) is 29.3 Å². The van der Waals surface area contributed by atoms with Gasteiger partial charge in [0.1, 0.15) is 0 Å². The molecule has 1 fully saturated rings. The van der Waals surface area contributed by atoms with Crippen molar-refractivity contribution >= 4 is 23.2 Å². The second-order valence-corrected chi connectivity index (χ2v) is 4.10. The molecule has 0 spiro atoms. The summed E-state index contributed by atoms with van der Waals surface area (Å²) in [6, 6.07) is 6.01. The molecule has 2 rings (SSSR count). The fraction of sp³-hybridized carbons (Fsp3) is 0.400. The number of halogens is 2. The van der Waals surface area contributed by atoms with E-state index in [1.807, 2.05) is 18.2 Å². The van der Waals surface area contributed by atoms with Crippen LogP contribution in [0.1, 0.15) is 24.4 Å². The smallest absolute Gasteiger partial charge is 0.0468 e. The number of hydrogen-bond donors (Lipinski definition) is 1. The molecular formula is C10H11Cl2N. The first-order chi connectivity index (χ1) is 6.29. The summed E-state index contributed by atoms with van der Waals surface area (Å²) < 4.78 is 0. The molecule has 1 N–H and O–H groups in total. The standard InChI is InChI=1S/C10H11Cl2N/c11-7-3-1-4-8(12)10(7)9-5-2-6-13-9/h1,3-4,9,13H,2,5-6H2/t9-/m0/s1. The van der Waals surface area contributed by atoms with Crippen molar-refractivity contribution in [3.05, 3.63) is 33.8 Å². The average Bonchev–Trinajstić information content (AvgIpc) is 2.57. The van der Waals surface area contributed by atoms with Crippen LogP contribution in [0.15, 0.2) is 18.2 Å². The lowest BCUT2D eigenvalue weighted by atomic mass is 10.1. The normalized spacial score (nSPS) is 22.2. The molecule has 1 aliphatic heterocycles. The fourth-order valence-corrected chi connectivity index (χ4v) is 2.44. The summed E-state index contributed by atoms with van der Waals surface area (Å²) in [5.41, 5.74) is 1.06. The van der Waals surface area contributed by atoms with Gasteiger partial charge in [-0.05, 0) is 31.5 Å². The Balaban J connectivity index is 2.37. The Morgan fingerprint density at radius 3 is 2.46 bits per heavy atom. The predicted molar refractivity (Wildman–Crippen MR) is 56.4 cm³/mol. The van der Waals surface area contributed by atoms with Gasteiger partial charge in [0.2, 0.25) is 0 Å². The molecule has 3 heteroatoms. The van der Waals surface area contributed by atoms with E-state index in [9.17, 15) is 0 Å². The molecule has 0 bridgehead atoms. The SMILES string of the molecule is Clc1cccc(Cl)c1[C@@H]1CCCN1. The van der Waals surface area contributed by atoms with Crippen molar-refractivity contribution in [2.45, 2.75) is 18.9 Å². The van der Waals surface area contributed by atoms with Crippen LogP contribution in [0.5, 0.6) is 0 Å². The molecule has 1 heterocycles. The van der Waals surface area contributed by atoms with E-state index in [0.29, 0.717) is 6.04 Å². The van der Waals surface area contributed by atoms with Crippen LogP contribution in [0.4, 0.5) is 0 Å². The van der Waals surface area contributed by atoms with E-state index in [1.165, 1.54) is 6.42 Å². The Morgan fingerprint density at radius 1 is 1.23 bits per heavy atom. The molecule has 0 radical (unpaired) electrons. The first kappa shape index (κ1) is 9.32. The zero-order valence-corrected chi connectivity index (χ0v) is 8.70. The molecule has 0 saturated carbocycles. The van der Waals surface area contributed by atoms with Crippen LogP contribution >= 0.6 is 23.2 Å². The van der Waals surface area contributed by atoms with Gasteiger partial charge in [-0.25, -0.2) is 0 Å². The minimum atomic E-state index is 0.348. The summed E-state index contributed by atoms with van der Waals surface area (Å²) in [4.78, 5) is 0. The average molecular weight is 216 g/mol. The maximum Gasteiger partial charge on any atom is 0.0468 e. The van der Waals surface area contributed by atoms with Crippen molar-refractivity contribution in [2.24, 2.45) is 0 Å². The van der Waals surface area contributed by atoms with Crippen molar-refractivity contribution in [3.8, 4) is 0 Å². The van der Waals surface area contributed by atoms with Crippen molar-refractivity contribution in [3.63, 3.8) is 0 Å². The first-order valence-electron chi connectivity index (χ1n) is 4.46. The molecule has 1 nitrogen and oxygen atoms in total. The van der Waals surface area contributed by atoms with Crippen LogP contribution in [0.3, 0.4) is 0 Å². The van der Waals surface area contributed by atoms with E-state index < -0.39 is 0 Å². The number of rotatable bonds is 1. The van der Waals surface area contributed by atoms with Gasteiger partial charge in [-0.15, -0.1) is 0 Å². The van der Waals surface area contributed by atoms with Crippen molar-refractivity contribution in [1.29, 1.82) is 0 Å². The highest BCUT2D eigenvalue weighted by atomic mass is 35.5. The van der Waals surface area contributed by atoms with Gasteiger partial charge in [0.05, 0.1) is 0 Å². The van der Waals surface area contributed by atoms with E-state index in [2.05, 4.69) is 5.32 Å².